The molecule has 0 unspecified atom stereocenters. The fraction of sp³-hybridized carbons (Fsp3) is 0.462. The van der Waals surface area contributed by atoms with E-state index in [1.165, 1.54) is 0 Å². The number of carbonyl (C=O) groups excluding carboxylic acids is 1. The molecule has 2 N–H and O–H groups in total. The summed E-state index contributed by atoms with van der Waals surface area (Å²) in [6.45, 7) is 3.11. The van der Waals surface area contributed by atoms with Gasteiger partial charge >= 0.3 is 0 Å². The molecular formula is C13H18N2O3S. The van der Waals surface area contributed by atoms with Gasteiger partial charge in [-0.05, 0) is 36.5 Å². The van der Waals surface area contributed by atoms with Crippen molar-refractivity contribution in [1.82, 2.24) is 4.90 Å². The number of primary sulfonamides is 1. The maximum Gasteiger partial charge on any atom is 0.238 e. The van der Waals surface area contributed by atoms with Crippen molar-refractivity contribution in [3.05, 3.63) is 29.8 Å². The number of nitrogens with two attached hydrogens (primary N) is 1. The normalized spacial score (nSPS) is 17.5. The molecule has 0 radical (unpaired) electrons. The summed E-state index contributed by atoms with van der Waals surface area (Å²) >= 11 is 0. The van der Waals surface area contributed by atoms with Gasteiger partial charge in [0, 0.05) is 20.0 Å². The molecule has 1 fully saturated rings. The number of piperidine rings is 1. The molecular weight excluding hydrogens is 264 g/mol. The Kier molecular flexibility index (Phi) is 3.91. The first-order chi connectivity index (χ1) is 8.88. The van der Waals surface area contributed by atoms with Crippen molar-refractivity contribution in [1.29, 1.82) is 0 Å². The number of likely N-dealkylation sites (tertiary alicyclic amines) is 1. The second-order valence-electron chi connectivity index (χ2n) is 4.89. The van der Waals surface area contributed by atoms with E-state index in [1.807, 2.05) is 17.0 Å². The van der Waals surface area contributed by atoms with E-state index in [9.17, 15) is 13.2 Å². The van der Waals surface area contributed by atoms with Gasteiger partial charge in [-0.25, -0.2) is 13.6 Å². The van der Waals surface area contributed by atoms with Gasteiger partial charge in [-0.2, -0.15) is 0 Å². The average molecular weight is 282 g/mol. The van der Waals surface area contributed by atoms with Crippen molar-refractivity contribution in [2.24, 2.45) is 5.14 Å². The molecule has 1 aromatic carbocycles. The minimum Gasteiger partial charge on any atom is -0.343 e. The van der Waals surface area contributed by atoms with E-state index in [0.717, 1.165) is 31.5 Å². The van der Waals surface area contributed by atoms with Crippen LogP contribution in [0.15, 0.2) is 29.2 Å². The molecule has 0 atom stereocenters. The zero-order chi connectivity index (χ0) is 14.0. The number of hydrogen-bond donors (Lipinski definition) is 1. The minimum absolute atomic E-state index is 0.114. The first-order valence-electron chi connectivity index (χ1n) is 6.26. The van der Waals surface area contributed by atoms with Crippen molar-refractivity contribution >= 4 is 15.9 Å². The van der Waals surface area contributed by atoms with Crippen molar-refractivity contribution in [3.63, 3.8) is 0 Å². The lowest BCUT2D eigenvalue weighted by Gasteiger charge is -2.31. The molecule has 5 nitrogen and oxygen atoms in total. The molecule has 6 heteroatoms. The number of rotatable bonds is 2. The highest BCUT2D eigenvalue weighted by molar-refractivity contribution is 7.89. The van der Waals surface area contributed by atoms with Crippen LogP contribution in [-0.2, 0) is 14.8 Å². The fourth-order valence-corrected chi connectivity index (χ4v) is 2.97. The topological polar surface area (TPSA) is 80.5 Å². The first kappa shape index (κ1) is 14.0. The maximum absolute atomic E-state index is 11.2. The smallest absolute Gasteiger partial charge is 0.238 e. The number of carbonyl (C=O) groups is 1. The lowest BCUT2D eigenvalue weighted by atomic mass is 9.89. The van der Waals surface area contributed by atoms with E-state index < -0.39 is 10.0 Å². The van der Waals surface area contributed by atoms with Gasteiger partial charge in [0.15, 0.2) is 0 Å². The third-order valence-corrected chi connectivity index (χ3v) is 4.55. The SMILES string of the molecule is CC(=O)N1CCC(c2ccc(S(N)(=O)=O)cc2)CC1. The number of nitrogens with zero attached hydrogens (tertiary/aromatic N) is 1. The number of sulfonamides is 1. The molecule has 1 aliphatic heterocycles. The van der Waals surface area contributed by atoms with Gasteiger partial charge in [-0.1, -0.05) is 12.1 Å². The van der Waals surface area contributed by atoms with Gasteiger partial charge < -0.3 is 4.90 Å². The molecule has 1 aliphatic rings. The predicted octanol–water partition coefficient (Wildman–Crippen LogP) is 1.06. The molecule has 0 spiro atoms. The second kappa shape index (κ2) is 5.30. The summed E-state index contributed by atoms with van der Waals surface area (Å²) in [5, 5.41) is 5.06. The molecule has 0 saturated carbocycles. The largest absolute Gasteiger partial charge is 0.343 e. The van der Waals surface area contributed by atoms with Gasteiger partial charge in [0.25, 0.3) is 0 Å². The quantitative estimate of drug-likeness (QED) is 0.880. The van der Waals surface area contributed by atoms with Crippen molar-refractivity contribution in [2.45, 2.75) is 30.6 Å². The van der Waals surface area contributed by atoms with E-state index >= 15 is 0 Å². The summed E-state index contributed by atoms with van der Waals surface area (Å²) < 4.78 is 22.3. The van der Waals surface area contributed by atoms with E-state index in [-0.39, 0.29) is 10.8 Å². The van der Waals surface area contributed by atoms with Crippen LogP contribution in [0.5, 0.6) is 0 Å². The van der Waals surface area contributed by atoms with E-state index in [1.54, 1.807) is 19.1 Å². The zero-order valence-corrected chi connectivity index (χ0v) is 11.7. The fourth-order valence-electron chi connectivity index (χ4n) is 2.46. The van der Waals surface area contributed by atoms with Gasteiger partial charge in [0.1, 0.15) is 0 Å². The summed E-state index contributed by atoms with van der Waals surface area (Å²) in [5.74, 6) is 0.494. The molecule has 0 aliphatic carbocycles. The Morgan fingerprint density at radius 3 is 2.16 bits per heavy atom. The summed E-state index contributed by atoms with van der Waals surface area (Å²) in [5.41, 5.74) is 1.11. The third kappa shape index (κ3) is 3.33. The Bertz CT molecular complexity index is 558. The van der Waals surface area contributed by atoms with Crippen LogP contribution in [0, 0.1) is 0 Å². The second-order valence-corrected chi connectivity index (χ2v) is 6.46. The molecule has 1 aromatic rings. The Morgan fingerprint density at radius 1 is 1.21 bits per heavy atom. The van der Waals surface area contributed by atoms with Crippen molar-refractivity contribution in [3.8, 4) is 0 Å². The van der Waals surface area contributed by atoms with E-state index in [0.29, 0.717) is 5.92 Å². The molecule has 1 saturated heterocycles. The summed E-state index contributed by atoms with van der Waals surface area (Å²) in [6, 6.07) is 6.71. The lowest BCUT2D eigenvalue weighted by Crippen LogP contribution is -2.36. The summed E-state index contributed by atoms with van der Waals surface area (Å²) in [4.78, 5) is 13.2. The van der Waals surface area contributed by atoms with Gasteiger partial charge in [-0.15, -0.1) is 0 Å². The zero-order valence-electron chi connectivity index (χ0n) is 10.9. The summed E-state index contributed by atoms with van der Waals surface area (Å²) in [7, 11) is -3.62. The van der Waals surface area contributed by atoms with Gasteiger partial charge in [0.05, 0.1) is 4.90 Å². The molecule has 0 bridgehead atoms. The Labute approximate surface area is 113 Å². The highest BCUT2D eigenvalue weighted by Crippen LogP contribution is 2.28. The molecule has 1 amide bonds. The molecule has 1 heterocycles. The first-order valence-corrected chi connectivity index (χ1v) is 7.81. The van der Waals surface area contributed by atoms with E-state index in [4.69, 9.17) is 5.14 Å². The van der Waals surface area contributed by atoms with Crippen LogP contribution in [0.2, 0.25) is 0 Å². The van der Waals surface area contributed by atoms with E-state index in [2.05, 4.69) is 0 Å². The van der Waals surface area contributed by atoms with Crippen LogP contribution in [-0.4, -0.2) is 32.3 Å². The molecule has 0 aromatic heterocycles. The highest BCUT2D eigenvalue weighted by atomic mass is 32.2. The summed E-state index contributed by atoms with van der Waals surface area (Å²) in [6.07, 6.45) is 1.82. The highest BCUT2D eigenvalue weighted by Gasteiger charge is 2.22. The van der Waals surface area contributed by atoms with Crippen LogP contribution in [0.3, 0.4) is 0 Å². The van der Waals surface area contributed by atoms with Crippen LogP contribution in [0.1, 0.15) is 31.2 Å². The Balaban J connectivity index is 2.06. The van der Waals surface area contributed by atoms with Crippen molar-refractivity contribution < 1.29 is 13.2 Å². The van der Waals surface area contributed by atoms with Crippen LogP contribution in [0.4, 0.5) is 0 Å². The molecule has 2 rings (SSSR count). The number of benzene rings is 1. The Hall–Kier alpha value is -1.40. The molecule has 104 valence electrons. The maximum atomic E-state index is 11.2. The standard InChI is InChI=1S/C13H18N2O3S/c1-10(16)15-8-6-12(7-9-15)11-2-4-13(5-3-11)19(14,17)18/h2-5,12H,6-9H2,1H3,(H2,14,17,18). The van der Waals surface area contributed by atoms with Gasteiger partial charge in [0.2, 0.25) is 15.9 Å². The van der Waals surface area contributed by atoms with Gasteiger partial charge in [-0.3, -0.25) is 4.79 Å². The molecule has 19 heavy (non-hydrogen) atoms. The predicted molar refractivity (Wildman–Crippen MR) is 72.0 cm³/mol. The average Bonchev–Trinajstić information content (AvgIpc) is 2.38. The number of amides is 1. The van der Waals surface area contributed by atoms with Crippen LogP contribution >= 0.6 is 0 Å². The monoisotopic (exact) mass is 282 g/mol. The Morgan fingerprint density at radius 2 is 1.74 bits per heavy atom. The minimum atomic E-state index is -3.62. The van der Waals surface area contributed by atoms with Crippen molar-refractivity contribution in [2.75, 3.05) is 13.1 Å². The number of hydrogen-bond acceptors (Lipinski definition) is 3. The van der Waals surface area contributed by atoms with Crippen LogP contribution < -0.4 is 5.14 Å². The third-order valence-electron chi connectivity index (χ3n) is 3.62. The lowest BCUT2D eigenvalue weighted by molar-refractivity contribution is -0.129. The van der Waals surface area contributed by atoms with Crippen LogP contribution in [0.25, 0.3) is 0 Å².